The van der Waals surface area contributed by atoms with Gasteiger partial charge in [-0.2, -0.15) is 5.26 Å². The zero-order valence-electron chi connectivity index (χ0n) is 18.9. The van der Waals surface area contributed by atoms with Gasteiger partial charge in [-0.3, -0.25) is 9.63 Å². The Balaban J connectivity index is 2.00. The average Bonchev–Trinajstić information content (AvgIpc) is 2.87. The molecule has 3 N–H and O–H groups in total. The lowest BCUT2D eigenvalue weighted by Crippen LogP contribution is -2.24. The third-order valence-corrected chi connectivity index (χ3v) is 5.40. The molecule has 0 saturated carbocycles. The number of amides is 1. The number of hydrogen-bond acceptors (Lipinski definition) is 9. The van der Waals surface area contributed by atoms with Crippen molar-refractivity contribution < 1.29 is 9.63 Å². The number of carbonyl (C=O) groups is 1. The monoisotopic (exact) mass is 473 g/mol. The normalized spacial score (nSPS) is 10.0. The number of anilines is 5. The first kappa shape index (κ1) is 24.4. The predicted molar refractivity (Wildman–Crippen MR) is 135 cm³/mol. The number of hydrogen-bond donors (Lipinski definition) is 3. The maximum Gasteiger partial charge on any atom is 0.278 e. The molecular weight excluding hydrogens is 450 g/mol. The van der Waals surface area contributed by atoms with Crippen LogP contribution in [0, 0.1) is 23.7 Å². The van der Waals surface area contributed by atoms with Crippen molar-refractivity contribution in [3.05, 3.63) is 65.5 Å². The summed E-state index contributed by atoms with van der Waals surface area (Å²) in [6.45, 7) is 2.09. The van der Waals surface area contributed by atoms with E-state index < -0.39 is 5.91 Å². The van der Waals surface area contributed by atoms with E-state index in [-0.39, 0.29) is 5.56 Å². The van der Waals surface area contributed by atoms with Crippen LogP contribution in [-0.2, 0) is 4.84 Å². The van der Waals surface area contributed by atoms with Gasteiger partial charge >= 0.3 is 0 Å². The first-order chi connectivity index (χ1) is 16.5. The van der Waals surface area contributed by atoms with Gasteiger partial charge in [0.05, 0.1) is 34.8 Å². The third kappa shape index (κ3) is 5.95. The Bertz CT molecular complexity index is 1250. The second kappa shape index (κ2) is 11.6. The molecule has 2 heterocycles. The first-order valence-corrected chi connectivity index (χ1v) is 11.4. The molecule has 34 heavy (non-hydrogen) atoms. The molecule has 172 valence electrons. The lowest BCUT2D eigenvalue weighted by atomic mass is 10.1. The summed E-state index contributed by atoms with van der Waals surface area (Å²) in [6.07, 6.45) is 10.4. The minimum Gasteiger partial charge on any atom is -0.353 e. The number of hydroxylamine groups is 1. The van der Waals surface area contributed by atoms with Gasteiger partial charge in [-0.1, -0.05) is 17.9 Å². The van der Waals surface area contributed by atoms with Crippen LogP contribution in [0.5, 0.6) is 0 Å². The highest BCUT2D eigenvalue weighted by Gasteiger charge is 2.17. The van der Waals surface area contributed by atoms with Crippen LogP contribution in [0.1, 0.15) is 28.4 Å². The molecule has 9 nitrogen and oxygen atoms in total. The van der Waals surface area contributed by atoms with Crippen molar-refractivity contribution >= 4 is 46.6 Å². The highest BCUT2D eigenvalue weighted by molar-refractivity contribution is 7.99. The molecule has 0 fully saturated rings. The Labute approximate surface area is 202 Å². The summed E-state index contributed by atoms with van der Waals surface area (Å²) in [5.74, 6) is 3.16. The fraction of sp³-hybridized carbons (Fsp3) is 0.167. The summed E-state index contributed by atoms with van der Waals surface area (Å²) in [7, 11) is 1.92. The van der Waals surface area contributed by atoms with E-state index in [1.54, 1.807) is 25.1 Å². The first-order valence-electron chi connectivity index (χ1n) is 10.2. The number of pyridine rings is 2. The summed E-state index contributed by atoms with van der Waals surface area (Å²) < 4.78 is 1.96. The number of rotatable bonds is 9. The molecule has 0 saturated heterocycles. The molecule has 0 radical (unpaired) electrons. The summed E-state index contributed by atoms with van der Waals surface area (Å²) in [6, 6.07) is 12.6. The minimum atomic E-state index is -0.445. The van der Waals surface area contributed by atoms with Crippen molar-refractivity contribution in [1.29, 1.82) is 5.26 Å². The van der Waals surface area contributed by atoms with Crippen molar-refractivity contribution in [2.45, 2.75) is 6.92 Å². The number of benzene rings is 1. The Morgan fingerprint density at radius 2 is 1.88 bits per heavy atom. The summed E-state index contributed by atoms with van der Waals surface area (Å²) in [4.78, 5) is 26.3. The second-order valence-corrected chi connectivity index (χ2v) is 7.74. The number of carbonyl (C=O) groups excluding carboxylic acids is 1. The van der Waals surface area contributed by atoms with E-state index in [1.165, 1.54) is 24.3 Å². The van der Waals surface area contributed by atoms with E-state index in [9.17, 15) is 4.79 Å². The lowest BCUT2D eigenvalue weighted by molar-refractivity contribution is 0.0365. The Kier molecular flexibility index (Phi) is 8.30. The second-order valence-electron chi connectivity index (χ2n) is 6.83. The largest absolute Gasteiger partial charge is 0.353 e. The molecule has 3 aromatic rings. The number of nitrogens with one attached hydrogen (secondary N) is 3. The van der Waals surface area contributed by atoms with Gasteiger partial charge in [0.25, 0.3) is 5.91 Å². The maximum absolute atomic E-state index is 12.7. The van der Waals surface area contributed by atoms with Crippen molar-refractivity contribution in [2.24, 2.45) is 0 Å². The summed E-state index contributed by atoms with van der Waals surface area (Å²) >= 11 is 1.52. The number of nitriles is 1. The summed E-state index contributed by atoms with van der Waals surface area (Å²) in [5.41, 5.74) is 5.95. The van der Waals surface area contributed by atoms with Crippen LogP contribution in [-0.4, -0.2) is 35.8 Å². The molecule has 0 aliphatic heterocycles. The molecule has 0 atom stereocenters. The van der Waals surface area contributed by atoms with E-state index in [0.29, 0.717) is 29.5 Å². The Morgan fingerprint density at radius 1 is 1.12 bits per heavy atom. The van der Waals surface area contributed by atoms with Gasteiger partial charge in [0.1, 0.15) is 17.7 Å². The van der Waals surface area contributed by atoms with Gasteiger partial charge < -0.3 is 14.9 Å². The zero-order valence-corrected chi connectivity index (χ0v) is 19.7. The highest BCUT2D eigenvalue weighted by atomic mass is 32.2. The molecule has 10 heteroatoms. The van der Waals surface area contributed by atoms with Crippen LogP contribution in [0.25, 0.3) is 0 Å². The van der Waals surface area contributed by atoms with Gasteiger partial charge in [0.15, 0.2) is 0 Å². The van der Waals surface area contributed by atoms with Gasteiger partial charge in [-0.15, -0.1) is 6.42 Å². The number of nitrogens with zero attached hydrogens (tertiary/aromatic N) is 4. The maximum atomic E-state index is 12.7. The molecule has 2 aromatic heterocycles. The van der Waals surface area contributed by atoms with Crippen molar-refractivity contribution in [3.8, 4) is 18.4 Å². The Morgan fingerprint density at radius 3 is 2.53 bits per heavy atom. The Hall–Kier alpha value is -4.25. The fourth-order valence-corrected chi connectivity index (χ4v) is 3.24. The van der Waals surface area contributed by atoms with Gasteiger partial charge in [-0.25, -0.2) is 15.4 Å². The smallest absolute Gasteiger partial charge is 0.278 e. The molecular formula is C24H23N7O2S. The van der Waals surface area contributed by atoms with E-state index in [1.807, 2.05) is 41.9 Å². The van der Waals surface area contributed by atoms with Crippen LogP contribution >= 0.6 is 11.9 Å². The highest BCUT2D eigenvalue weighted by Crippen LogP contribution is 2.34. The van der Waals surface area contributed by atoms with Gasteiger partial charge in [0.2, 0.25) is 0 Å². The topological polar surface area (TPSA) is 115 Å². The van der Waals surface area contributed by atoms with Crippen LogP contribution in [0.4, 0.5) is 28.7 Å². The van der Waals surface area contributed by atoms with E-state index in [0.717, 1.165) is 16.9 Å². The van der Waals surface area contributed by atoms with E-state index >= 15 is 0 Å². The van der Waals surface area contributed by atoms with Crippen LogP contribution in [0.3, 0.4) is 0 Å². The molecule has 0 aliphatic carbocycles. The average molecular weight is 474 g/mol. The quantitative estimate of drug-likeness (QED) is 0.239. The van der Waals surface area contributed by atoms with E-state index in [2.05, 4.69) is 32.0 Å². The molecule has 1 aromatic carbocycles. The third-order valence-electron chi connectivity index (χ3n) is 4.65. The summed E-state index contributed by atoms with van der Waals surface area (Å²) in [5, 5.41) is 15.4. The van der Waals surface area contributed by atoms with Gasteiger partial charge in [0, 0.05) is 37.3 Å². The number of aromatic nitrogens is 2. The molecule has 1 amide bonds. The zero-order chi connectivity index (χ0) is 24.5. The minimum absolute atomic E-state index is 0.283. The van der Waals surface area contributed by atoms with E-state index in [4.69, 9.17) is 16.5 Å². The van der Waals surface area contributed by atoms with Crippen molar-refractivity contribution in [1.82, 2.24) is 15.4 Å². The number of terminal acetylenes is 1. The molecule has 0 spiro atoms. The predicted octanol–water partition coefficient (Wildman–Crippen LogP) is 4.21. The van der Waals surface area contributed by atoms with Crippen molar-refractivity contribution in [2.75, 3.05) is 34.8 Å². The van der Waals surface area contributed by atoms with Crippen LogP contribution in [0.15, 0.2) is 48.8 Å². The molecule has 3 rings (SSSR count). The molecule has 0 aliphatic rings. The molecule has 0 bridgehead atoms. The van der Waals surface area contributed by atoms with Crippen LogP contribution < -0.4 is 20.4 Å². The molecule has 0 unspecified atom stereocenters. The van der Waals surface area contributed by atoms with Crippen LogP contribution in [0.2, 0.25) is 0 Å². The SMILES string of the molecule is C#Cc1ccc(Nc2cc(Nc3ccc(C#N)cn3)ncc2C(=O)NOCC)c(N(C)SC)c1. The standard InChI is InChI=1S/C24H23N7O2S/c1-5-16-7-9-19(21(11-16)31(3)34-4)28-20-12-23(27-15-18(20)24(32)30-33-6-2)29-22-10-8-17(13-25)14-26-22/h1,7-12,14-15H,6H2,2-4H3,(H,30,32)(H2,26,27,28,29). The lowest BCUT2D eigenvalue weighted by Gasteiger charge is -2.22. The van der Waals surface area contributed by atoms with Gasteiger partial charge in [-0.05, 0) is 37.3 Å². The van der Waals surface area contributed by atoms with Crippen molar-refractivity contribution in [3.63, 3.8) is 0 Å². The fourth-order valence-electron chi connectivity index (χ4n) is 2.90.